The average molecular weight is 487 g/mol. The molecule has 3 heterocycles. The Kier molecular flexibility index (Phi) is 7.18. The number of carbonyl (C=O) groups is 1. The molecule has 5 rings (SSSR count). The topological polar surface area (TPSA) is 66.5 Å². The summed E-state index contributed by atoms with van der Waals surface area (Å²) in [5.41, 5.74) is 1.13. The van der Waals surface area contributed by atoms with E-state index in [2.05, 4.69) is 46.8 Å². The van der Waals surface area contributed by atoms with Crippen molar-refractivity contribution in [2.24, 2.45) is 5.92 Å². The first-order valence-electron chi connectivity index (χ1n) is 12.6. The first-order valence-corrected chi connectivity index (χ1v) is 13.4. The number of hydrogen-bond acceptors (Lipinski definition) is 6. The fraction of sp³-hybridized carbons (Fsp3) is 0.615. The number of piperidine rings is 2. The van der Waals surface area contributed by atoms with E-state index < -0.39 is 5.67 Å². The molecule has 1 amide bonds. The Morgan fingerprint density at radius 1 is 1.26 bits per heavy atom. The van der Waals surface area contributed by atoms with E-state index in [9.17, 15) is 4.79 Å². The number of aryl methyl sites for hydroxylation is 1. The van der Waals surface area contributed by atoms with Gasteiger partial charge >= 0.3 is 6.09 Å². The van der Waals surface area contributed by atoms with Crippen LogP contribution < -0.4 is 10.6 Å². The molecule has 2 N–H and O–H groups in total. The molecular weight excluding hydrogens is 451 g/mol. The first-order chi connectivity index (χ1) is 16.5. The maximum Gasteiger partial charge on any atom is 0.409 e. The zero-order valence-corrected chi connectivity index (χ0v) is 20.7. The molecule has 2 unspecified atom stereocenters. The molecule has 1 saturated carbocycles. The van der Waals surface area contributed by atoms with Crippen LogP contribution in [-0.4, -0.2) is 67.0 Å². The van der Waals surface area contributed by atoms with Crippen LogP contribution >= 0.6 is 11.3 Å². The van der Waals surface area contributed by atoms with Crippen molar-refractivity contribution in [3.05, 3.63) is 40.9 Å². The van der Waals surface area contributed by atoms with E-state index in [-0.39, 0.29) is 6.09 Å². The second kappa shape index (κ2) is 10.3. The molecule has 34 heavy (non-hydrogen) atoms. The van der Waals surface area contributed by atoms with Gasteiger partial charge in [-0.3, -0.25) is 0 Å². The van der Waals surface area contributed by atoms with Crippen LogP contribution in [0.3, 0.4) is 0 Å². The molecule has 2 saturated heterocycles. The number of carbonyl (C=O) groups excluding carboxylic acids is 1. The van der Waals surface area contributed by atoms with Gasteiger partial charge < -0.3 is 20.3 Å². The van der Waals surface area contributed by atoms with E-state index in [0.717, 1.165) is 42.9 Å². The lowest BCUT2D eigenvalue weighted by Crippen LogP contribution is -2.49. The largest absolute Gasteiger partial charge is 0.449 e. The molecule has 2 aliphatic heterocycles. The molecule has 3 aliphatic rings. The summed E-state index contributed by atoms with van der Waals surface area (Å²) in [5.74, 6) is 0.864. The first kappa shape index (κ1) is 23.7. The lowest BCUT2D eigenvalue weighted by molar-refractivity contribution is 0.0362. The molecule has 2 atom stereocenters. The average Bonchev–Trinajstić information content (AvgIpc) is 3.48. The van der Waals surface area contributed by atoms with E-state index in [0.29, 0.717) is 57.0 Å². The minimum Gasteiger partial charge on any atom is -0.449 e. The Balaban J connectivity index is 1.04. The minimum atomic E-state index is -1.26. The van der Waals surface area contributed by atoms with Crippen LogP contribution in [0.25, 0.3) is 10.6 Å². The van der Waals surface area contributed by atoms with Crippen molar-refractivity contribution in [3.8, 4) is 10.6 Å². The van der Waals surface area contributed by atoms with Gasteiger partial charge in [0.25, 0.3) is 0 Å². The summed E-state index contributed by atoms with van der Waals surface area (Å²) in [4.78, 5) is 19.9. The quantitative estimate of drug-likeness (QED) is 0.603. The molecule has 8 heteroatoms. The van der Waals surface area contributed by atoms with Crippen molar-refractivity contribution in [3.63, 3.8) is 0 Å². The van der Waals surface area contributed by atoms with Crippen LogP contribution in [0.1, 0.15) is 48.5 Å². The minimum absolute atomic E-state index is 0.287. The maximum absolute atomic E-state index is 15.4. The number of likely N-dealkylation sites (tertiary alicyclic amines) is 1. The molecule has 0 spiro atoms. The van der Waals surface area contributed by atoms with Crippen LogP contribution in [0.4, 0.5) is 9.18 Å². The Hall–Kier alpha value is -2.03. The number of alkyl halides is 1. The van der Waals surface area contributed by atoms with E-state index in [1.807, 2.05) is 6.20 Å². The van der Waals surface area contributed by atoms with Crippen molar-refractivity contribution < 1.29 is 13.9 Å². The van der Waals surface area contributed by atoms with Gasteiger partial charge in [0, 0.05) is 61.1 Å². The number of nitrogens with one attached hydrogen (secondary N) is 2. The number of hydrogen-bond donors (Lipinski definition) is 2. The van der Waals surface area contributed by atoms with Gasteiger partial charge in [-0.25, -0.2) is 14.2 Å². The number of amides is 1. The Labute approximate surface area is 205 Å². The van der Waals surface area contributed by atoms with Gasteiger partial charge in [0.1, 0.15) is 10.7 Å². The number of benzene rings is 1. The smallest absolute Gasteiger partial charge is 0.409 e. The van der Waals surface area contributed by atoms with E-state index in [4.69, 9.17) is 4.74 Å². The normalized spacial score (nSPS) is 24.7. The highest BCUT2D eigenvalue weighted by Gasteiger charge is 2.43. The zero-order chi connectivity index (χ0) is 23.5. The molecule has 1 aromatic carbocycles. The lowest BCUT2D eigenvalue weighted by Gasteiger charge is -2.36. The maximum atomic E-state index is 15.4. The second-order valence-corrected chi connectivity index (χ2v) is 11.2. The van der Waals surface area contributed by atoms with Gasteiger partial charge in [-0.1, -0.05) is 29.8 Å². The molecular formula is C26H35FN4O2S. The predicted octanol–water partition coefficient (Wildman–Crippen LogP) is 4.50. The van der Waals surface area contributed by atoms with Crippen molar-refractivity contribution in [1.82, 2.24) is 20.5 Å². The van der Waals surface area contributed by atoms with Crippen molar-refractivity contribution in [1.29, 1.82) is 0 Å². The summed E-state index contributed by atoms with van der Waals surface area (Å²) >= 11 is 1.74. The summed E-state index contributed by atoms with van der Waals surface area (Å²) in [6.07, 6.45) is 5.53. The van der Waals surface area contributed by atoms with E-state index >= 15 is 4.39 Å². The predicted molar refractivity (Wildman–Crippen MR) is 133 cm³/mol. The molecule has 1 aliphatic carbocycles. The van der Waals surface area contributed by atoms with Crippen LogP contribution in [-0.2, 0) is 4.74 Å². The standard InChI is InChI=1S/C26H35FN4O2S/c1-18-2-4-20(5-3-18)24-29-15-23(34-24)21-14-22(21)30-17-26(27)8-12-31(13-9-26)25(32)33-16-19-6-10-28-11-7-19/h2-5,15,19,21-22,28,30H,6-14,16-17H2,1H3. The highest BCUT2D eigenvalue weighted by Crippen LogP contribution is 2.45. The van der Waals surface area contributed by atoms with Gasteiger partial charge in [-0.15, -0.1) is 11.3 Å². The van der Waals surface area contributed by atoms with Gasteiger partial charge in [-0.05, 0) is 45.2 Å². The molecule has 0 bridgehead atoms. The summed E-state index contributed by atoms with van der Waals surface area (Å²) in [6.45, 7) is 5.73. The third-order valence-corrected chi connectivity index (χ3v) is 8.66. The Bertz CT molecular complexity index is 967. The second-order valence-electron chi connectivity index (χ2n) is 10.2. The number of aromatic nitrogens is 1. The van der Waals surface area contributed by atoms with Crippen LogP contribution in [0.5, 0.6) is 0 Å². The summed E-state index contributed by atoms with van der Waals surface area (Å²) < 4.78 is 20.9. The molecule has 0 radical (unpaired) electrons. The molecule has 184 valence electrons. The Morgan fingerprint density at radius 2 is 2.00 bits per heavy atom. The van der Waals surface area contributed by atoms with Crippen molar-refractivity contribution >= 4 is 17.4 Å². The van der Waals surface area contributed by atoms with Gasteiger partial charge in [0.2, 0.25) is 0 Å². The van der Waals surface area contributed by atoms with Gasteiger partial charge in [0.05, 0.1) is 6.61 Å². The van der Waals surface area contributed by atoms with E-state index in [1.54, 1.807) is 16.2 Å². The third kappa shape index (κ3) is 5.78. The highest BCUT2D eigenvalue weighted by atomic mass is 32.1. The number of nitrogens with zero attached hydrogens (tertiary/aromatic N) is 2. The van der Waals surface area contributed by atoms with Crippen molar-refractivity contribution in [2.75, 3.05) is 39.3 Å². The van der Waals surface area contributed by atoms with Crippen LogP contribution in [0.15, 0.2) is 30.5 Å². The van der Waals surface area contributed by atoms with Gasteiger partial charge in [-0.2, -0.15) is 0 Å². The SMILES string of the molecule is Cc1ccc(-c2ncc(C3CC3NCC3(F)CCN(C(=O)OCC4CCNCC4)CC3)s2)cc1. The monoisotopic (exact) mass is 486 g/mol. The number of rotatable bonds is 7. The summed E-state index contributed by atoms with van der Waals surface area (Å²) in [5, 5.41) is 7.81. The summed E-state index contributed by atoms with van der Waals surface area (Å²) in [7, 11) is 0. The molecule has 1 aromatic heterocycles. The number of thiazole rings is 1. The zero-order valence-electron chi connectivity index (χ0n) is 19.9. The lowest BCUT2D eigenvalue weighted by atomic mass is 9.93. The number of ether oxygens (including phenoxy) is 1. The third-order valence-electron chi connectivity index (χ3n) is 7.48. The highest BCUT2D eigenvalue weighted by molar-refractivity contribution is 7.15. The fourth-order valence-electron chi connectivity index (χ4n) is 4.93. The number of halogens is 1. The molecule has 3 fully saturated rings. The van der Waals surface area contributed by atoms with E-state index in [1.165, 1.54) is 10.4 Å². The van der Waals surface area contributed by atoms with Gasteiger partial charge in [0.15, 0.2) is 0 Å². The fourth-order valence-corrected chi connectivity index (χ4v) is 6.03. The Morgan fingerprint density at radius 3 is 2.74 bits per heavy atom. The van der Waals surface area contributed by atoms with Crippen LogP contribution in [0, 0.1) is 12.8 Å². The summed E-state index contributed by atoms with van der Waals surface area (Å²) in [6, 6.07) is 8.76. The molecule has 6 nitrogen and oxygen atoms in total. The van der Waals surface area contributed by atoms with Crippen molar-refractivity contribution in [2.45, 2.75) is 56.7 Å². The van der Waals surface area contributed by atoms with Crippen LogP contribution in [0.2, 0.25) is 0 Å². The molecule has 2 aromatic rings.